The Balaban J connectivity index is 1.81. The minimum atomic E-state index is 0.158. The Hall–Kier alpha value is -2.08. The van der Waals surface area contributed by atoms with E-state index >= 15 is 0 Å². The molecule has 1 aromatic carbocycles. The topological polar surface area (TPSA) is 72.2 Å². The molecule has 6 heteroatoms. The number of phenols is 1. The normalized spacial score (nSPS) is 10.6. The Bertz CT molecular complexity index is 539. The van der Waals surface area contributed by atoms with Crippen molar-refractivity contribution in [1.29, 1.82) is 0 Å². The minimum Gasteiger partial charge on any atom is -0.504 e. The van der Waals surface area contributed by atoms with Gasteiger partial charge in [-0.05, 0) is 17.7 Å². The second kappa shape index (κ2) is 6.19. The van der Waals surface area contributed by atoms with Crippen LogP contribution in [-0.4, -0.2) is 33.5 Å². The lowest BCUT2D eigenvalue weighted by molar-refractivity contribution is 0.373. The van der Waals surface area contributed by atoms with Crippen LogP contribution in [0, 0.1) is 0 Å². The number of aromatic hydroxyl groups is 1. The molecular weight excluding hydrogens is 244 g/mol. The van der Waals surface area contributed by atoms with E-state index in [-0.39, 0.29) is 5.75 Å². The largest absolute Gasteiger partial charge is 0.504 e. The molecule has 2 aromatic rings. The van der Waals surface area contributed by atoms with Gasteiger partial charge in [0, 0.05) is 26.6 Å². The fourth-order valence-electron chi connectivity index (χ4n) is 1.80. The quantitative estimate of drug-likeness (QED) is 0.755. The summed E-state index contributed by atoms with van der Waals surface area (Å²) in [5.41, 5.74) is 1.06. The number of methoxy groups -OCH3 is 1. The molecule has 0 atom stereocenters. The van der Waals surface area contributed by atoms with E-state index in [0.29, 0.717) is 12.3 Å². The average molecular weight is 262 g/mol. The zero-order chi connectivity index (χ0) is 13.7. The lowest BCUT2D eigenvalue weighted by Crippen LogP contribution is -2.18. The maximum atomic E-state index is 9.50. The second-order valence-electron chi connectivity index (χ2n) is 4.29. The molecule has 0 unspecified atom stereocenters. The molecule has 1 heterocycles. The lowest BCUT2D eigenvalue weighted by atomic mass is 10.2. The van der Waals surface area contributed by atoms with Gasteiger partial charge in [-0.15, -0.1) is 10.2 Å². The summed E-state index contributed by atoms with van der Waals surface area (Å²) in [5.74, 6) is 1.61. The van der Waals surface area contributed by atoms with E-state index in [1.54, 1.807) is 19.5 Å². The third kappa shape index (κ3) is 3.45. The van der Waals surface area contributed by atoms with Crippen molar-refractivity contribution in [2.45, 2.75) is 13.0 Å². The summed E-state index contributed by atoms with van der Waals surface area (Å²) >= 11 is 0. The van der Waals surface area contributed by atoms with E-state index in [1.807, 2.05) is 23.7 Å². The van der Waals surface area contributed by atoms with Gasteiger partial charge in [0.1, 0.15) is 12.2 Å². The number of hydrogen-bond donors (Lipinski definition) is 2. The third-order valence-corrected chi connectivity index (χ3v) is 2.90. The monoisotopic (exact) mass is 262 g/mol. The Labute approximate surface area is 112 Å². The number of aromatic nitrogens is 3. The molecule has 2 N–H and O–H groups in total. The molecule has 0 aliphatic carbocycles. The van der Waals surface area contributed by atoms with Crippen molar-refractivity contribution in [3.8, 4) is 11.5 Å². The fraction of sp³-hybridized carbons (Fsp3) is 0.385. The van der Waals surface area contributed by atoms with Crippen molar-refractivity contribution in [3.63, 3.8) is 0 Å². The van der Waals surface area contributed by atoms with Crippen LogP contribution in [0.5, 0.6) is 11.5 Å². The van der Waals surface area contributed by atoms with Gasteiger partial charge < -0.3 is 19.7 Å². The molecule has 0 bridgehead atoms. The standard InChI is InChI=1S/C13H18N4O2/c1-17-9-15-16-13(17)5-6-14-8-10-3-4-11(18)12(7-10)19-2/h3-4,7,9,14,18H,5-6,8H2,1-2H3. The fourth-order valence-corrected chi connectivity index (χ4v) is 1.80. The van der Waals surface area contributed by atoms with Gasteiger partial charge in [0.2, 0.25) is 0 Å². The number of aryl methyl sites for hydroxylation is 1. The average Bonchev–Trinajstić information content (AvgIpc) is 2.82. The summed E-state index contributed by atoms with van der Waals surface area (Å²) in [7, 11) is 3.47. The van der Waals surface area contributed by atoms with Gasteiger partial charge in [0.25, 0.3) is 0 Å². The van der Waals surface area contributed by atoms with Crippen molar-refractivity contribution in [1.82, 2.24) is 20.1 Å². The van der Waals surface area contributed by atoms with Crippen LogP contribution in [0.25, 0.3) is 0 Å². The zero-order valence-electron chi connectivity index (χ0n) is 11.1. The van der Waals surface area contributed by atoms with E-state index in [2.05, 4.69) is 15.5 Å². The number of benzene rings is 1. The van der Waals surface area contributed by atoms with Gasteiger partial charge >= 0.3 is 0 Å². The molecule has 0 saturated heterocycles. The van der Waals surface area contributed by atoms with Crippen LogP contribution in [0.15, 0.2) is 24.5 Å². The highest BCUT2D eigenvalue weighted by Crippen LogP contribution is 2.25. The molecule has 19 heavy (non-hydrogen) atoms. The first-order valence-corrected chi connectivity index (χ1v) is 6.10. The van der Waals surface area contributed by atoms with Crippen LogP contribution in [0.4, 0.5) is 0 Å². The smallest absolute Gasteiger partial charge is 0.160 e. The van der Waals surface area contributed by atoms with Gasteiger partial charge in [-0.2, -0.15) is 0 Å². The first kappa shape index (κ1) is 13.4. The number of hydrogen-bond acceptors (Lipinski definition) is 5. The highest BCUT2D eigenvalue weighted by Gasteiger charge is 2.03. The van der Waals surface area contributed by atoms with E-state index in [0.717, 1.165) is 24.4 Å². The first-order valence-electron chi connectivity index (χ1n) is 6.10. The molecule has 2 rings (SSSR count). The predicted molar refractivity (Wildman–Crippen MR) is 71.1 cm³/mol. The molecule has 0 saturated carbocycles. The van der Waals surface area contributed by atoms with Crippen molar-refractivity contribution >= 4 is 0 Å². The van der Waals surface area contributed by atoms with E-state index in [1.165, 1.54) is 0 Å². The number of nitrogens with one attached hydrogen (secondary N) is 1. The summed E-state index contributed by atoms with van der Waals surface area (Å²) < 4.78 is 6.98. The molecule has 6 nitrogen and oxygen atoms in total. The first-order chi connectivity index (χ1) is 9.20. The van der Waals surface area contributed by atoms with Crippen LogP contribution in [-0.2, 0) is 20.0 Å². The van der Waals surface area contributed by atoms with Crippen molar-refractivity contribution in [3.05, 3.63) is 35.9 Å². The second-order valence-corrected chi connectivity index (χ2v) is 4.29. The highest BCUT2D eigenvalue weighted by atomic mass is 16.5. The molecular formula is C13H18N4O2. The highest BCUT2D eigenvalue weighted by molar-refractivity contribution is 5.41. The number of phenolic OH excluding ortho intramolecular Hbond substituents is 1. The van der Waals surface area contributed by atoms with Gasteiger partial charge in [-0.3, -0.25) is 0 Å². The summed E-state index contributed by atoms with van der Waals surface area (Å²) in [5, 5.41) is 20.7. The molecule has 0 radical (unpaired) electrons. The summed E-state index contributed by atoms with van der Waals surface area (Å²) in [6.07, 6.45) is 2.52. The summed E-state index contributed by atoms with van der Waals surface area (Å²) in [6.45, 7) is 1.53. The molecule has 102 valence electrons. The van der Waals surface area contributed by atoms with Gasteiger partial charge in [0.15, 0.2) is 11.5 Å². The SMILES string of the molecule is COc1cc(CNCCc2nncn2C)ccc1O. The third-order valence-electron chi connectivity index (χ3n) is 2.90. The Kier molecular flexibility index (Phi) is 4.35. The van der Waals surface area contributed by atoms with E-state index in [9.17, 15) is 5.11 Å². The summed E-state index contributed by atoms with van der Waals surface area (Å²) in [6, 6.07) is 5.33. The number of rotatable bonds is 6. The Morgan fingerprint density at radius 3 is 2.95 bits per heavy atom. The zero-order valence-corrected chi connectivity index (χ0v) is 11.1. The molecule has 0 aliphatic heterocycles. The molecule has 1 aromatic heterocycles. The van der Waals surface area contributed by atoms with Crippen LogP contribution in [0.2, 0.25) is 0 Å². The van der Waals surface area contributed by atoms with Crippen molar-refractivity contribution < 1.29 is 9.84 Å². The molecule has 0 spiro atoms. The molecule has 0 amide bonds. The van der Waals surface area contributed by atoms with Gasteiger partial charge in [-0.1, -0.05) is 6.07 Å². The maximum absolute atomic E-state index is 9.50. The van der Waals surface area contributed by atoms with Crippen LogP contribution < -0.4 is 10.1 Å². The predicted octanol–water partition coefficient (Wildman–Crippen LogP) is 0.862. The maximum Gasteiger partial charge on any atom is 0.160 e. The van der Waals surface area contributed by atoms with Gasteiger partial charge in [0.05, 0.1) is 7.11 Å². The Morgan fingerprint density at radius 2 is 2.26 bits per heavy atom. The van der Waals surface area contributed by atoms with Crippen LogP contribution in [0.3, 0.4) is 0 Å². The van der Waals surface area contributed by atoms with Crippen LogP contribution in [0.1, 0.15) is 11.4 Å². The number of nitrogens with zero attached hydrogens (tertiary/aromatic N) is 3. The summed E-state index contributed by atoms with van der Waals surface area (Å²) in [4.78, 5) is 0. The minimum absolute atomic E-state index is 0.158. The van der Waals surface area contributed by atoms with Crippen molar-refractivity contribution in [2.24, 2.45) is 7.05 Å². The van der Waals surface area contributed by atoms with E-state index < -0.39 is 0 Å². The van der Waals surface area contributed by atoms with Gasteiger partial charge in [-0.25, -0.2) is 0 Å². The van der Waals surface area contributed by atoms with Crippen molar-refractivity contribution in [2.75, 3.05) is 13.7 Å². The van der Waals surface area contributed by atoms with E-state index in [4.69, 9.17) is 4.74 Å². The lowest BCUT2D eigenvalue weighted by Gasteiger charge is -2.08. The molecule has 0 aliphatic rings. The number of ether oxygens (including phenoxy) is 1. The molecule has 0 fully saturated rings. The van der Waals surface area contributed by atoms with Crippen LogP contribution >= 0.6 is 0 Å². The Morgan fingerprint density at radius 1 is 1.42 bits per heavy atom.